The summed E-state index contributed by atoms with van der Waals surface area (Å²) in [7, 11) is 0. The van der Waals surface area contributed by atoms with Gasteiger partial charge in [-0.2, -0.15) is 0 Å². The summed E-state index contributed by atoms with van der Waals surface area (Å²) in [5.74, 6) is 0. The van der Waals surface area contributed by atoms with E-state index in [2.05, 4.69) is 228 Å². The van der Waals surface area contributed by atoms with E-state index in [4.69, 9.17) is 0 Å². The smallest absolute Gasteiger partial charge is 0.0547 e. The molecule has 0 spiro atoms. The number of para-hydroxylation sites is 3. The highest BCUT2D eigenvalue weighted by molar-refractivity contribution is 6.17. The van der Waals surface area contributed by atoms with E-state index in [1.807, 2.05) is 0 Å². The Morgan fingerprint density at radius 3 is 1.79 bits per heavy atom. The van der Waals surface area contributed by atoms with Crippen LogP contribution in [0.4, 0.5) is 17.1 Å². The summed E-state index contributed by atoms with van der Waals surface area (Å²) < 4.78 is 2.39. The lowest BCUT2D eigenvalue weighted by molar-refractivity contribution is 1.18. The van der Waals surface area contributed by atoms with Crippen molar-refractivity contribution in [2.45, 2.75) is 0 Å². The van der Waals surface area contributed by atoms with Crippen molar-refractivity contribution in [3.63, 3.8) is 0 Å². The van der Waals surface area contributed by atoms with Gasteiger partial charge in [0.2, 0.25) is 0 Å². The Labute approximate surface area is 325 Å². The minimum atomic E-state index is 1.12. The van der Waals surface area contributed by atoms with Crippen LogP contribution in [0.5, 0.6) is 0 Å². The van der Waals surface area contributed by atoms with Crippen LogP contribution in [0.15, 0.2) is 218 Å². The van der Waals surface area contributed by atoms with Crippen molar-refractivity contribution in [1.29, 1.82) is 0 Å². The lowest BCUT2D eigenvalue weighted by Gasteiger charge is -2.30. The molecule has 2 nitrogen and oxygen atoms in total. The summed E-state index contributed by atoms with van der Waals surface area (Å²) >= 11 is 0. The highest BCUT2D eigenvalue weighted by Crippen LogP contribution is 2.47. The van der Waals surface area contributed by atoms with Gasteiger partial charge in [0.25, 0.3) is 0 Å². The molecule has 0 aliphatic carbocycles. The number of hydrogen-bond acceptors (Lipinski definition) is 1. The predicted octanol–water partition coefficient (Wildman–Crippen LogP) is 15.0. The van der Waals surface area contributed by atoms with Crippen molar-refractivity contribution in [2.24, 2.45) is 0 Å². The second kappa shape index (κ2) is 13.2. The first-order valence-corrected chi connectivity index (χ1v) is 19.3. The fourth-order valence-electron chi connectivity index (χ4n) is 8.83. The Morgan fingerprint density at radius 2 is 0.929 bits per heavy atom. The first-order chi connectivity index (χ1) is 27.8. The third-order valence-corrected chi connectivity index (χ3v) is 11.3. The van der Waals surface area contributed by atoms with E-state index in [0.717, 1.165) is 28.3 Å². The van der Waals surface area contributed by atoms with Crippen LogP contribution in [-0.4, -0.2) is 4.57 Å². The van der Waals surface area contributed by atoms with Crippen LogP contribution in [0, 0.1) is 0 Å². The third kappa shape index (κ3) is 5.19. The second-order valence-electron chi connectivity index (χ2n) is 14.5. The molecule has 0 atom stereocenters. The van der Waals surface area contributed by atoms with Gasteiger partial charge in [-0.15, -0.1) is 0 Å². The fourth-order valence-corrected chi connectivity index (χ4v) is 8.83. The quantitative estimate of drug-likeness (QED) is 0.156. The normalized spacial score (nSPS) is 11.6. The van der Waals surface area contributed by atoms with Crippen molar-refractivity contribution in [2.75, 3.05) is 4.90 Å². The van der Waals surface area contributed by atoms with Crippen LogP contribution < -0.4 is 4.90 Å². The van der Waals surface area contributed by atoms with E-state index >= 15 is 0 Å². The average Bonchev–Trinajstić information content (AvgIpc) is 3.62. The maximum absolute atomic E-state index is 2.47. The lowest BCUT2D eigenvalue weighted by Crippen LogP contribution is -2.12. The number of nitrogens with zero attached hydrogens (tertiary/aromatic N) is 2. The number of aromatic nitrogens is 1. The third-order valence-electron chi connectivity index (χ3n) is 11.3. The molecule has 0 aliphatic rings. The molecule has 0 fully saturated rings. The largest absolute Gasteiger partial charge is 0.309 e. The van der Waals surface area contributed by atoms with Crippen LogP contribution in [0.25, 0.3) is 82.1 Å². The Bertz CT molecular complexity index is 3260. The van der Waals surface area contributed by atoms with Gasteiger partial charge in [0.15, 0.2) is 0 Å². The first kappa shape index (κ1) is 32.0. The van der Waals surface area contributed by atoms with Gasteiger partial charge in [0.1, 0.15) is 0 Å². The Hall–Kier alpha value is -7.42. The maximum atomic E-state index is 2.47. The molecular weight excluding hydrogens is 677 g/mol. The van der Waals surface area contributed by atoms with Gasteiger partial charge in [-0.25, -0.2) is 0 Å². The molecule has 262 valence electrons. The zero-order chi connectivity index (χ0) is 37.0. The zero-order valence-electron chi connectivity index (χ0n) is 30.7. The van der Waals surface area contributed by atoms with Gasteiger partial charge in [0.05, 0.1) is 22.4 Å². The van der Waals surface area contributed by atoms with Gasteiger partial charge in [-0.1, -0.05) is 164 Å². The van der Waals surface area contributed by atoms with E-state index in [1.165, 1.54) is 70.8 Å². The van der Waals surface area contributed by atoms with Crippen molar-refractivity contribution in [3.05, 3.63) is 218 Å². The van der Waals surface area contributed by atoms with Crippen LogP contribution in [0.1, 0.15) is 0 Å². The van der Waals surface area contributed by atoms with Gasteiger partial charge in [-0.3, -0.25) is 0 Å². The van der Waals surface area contributed by atoms with Crippen LogP contribution in [0.3, 0.4) is 0 Å². The minimum Gasteiger partial charge on any atom is -0.309 e. The van der Waals surface area contributed by atoms with E-state index in [9.17, 15) is 0 Å². The van der Waals surface area contributed by atoms with Crippen molar-refractivity contribution < 1.29 is 0 Å². The Balaban J connectivity index is 1.14. The van der Waals surface area contributed by atoms with E-state index in [1.54, 1.807) is 0 Å². The van der Waals surface area contributed by atoms with Crippen molar-refractivity contribution >= 4 is 71.2 Å². The standard InChI is InChI=1S/C54H36N2/c1-2-21-42(22-3-1)55-51-30-13-11-27-49(51)54-46(28-15-31-52(54)55)40-20-14-19-39(34-40)45-24-10-12-29-50(45)56(43-33-32-37-16-4-5-17-38(37)35-43)53-36-41-18-6-7-23-44(41)47-25-8-9-26-48(47)53/h1-36H. The molecule has 11 rings (SSSR count). The molecule has 0 unspecified atom stereocenters. The number of fused-ring (bicyclic) bond motifs is 7. The highest BCUT2D eigenvalue weighted by Gasteiger charge is 2.22. The van der Waals surface area contributed by atoms with Gasteiger partial charge >= 0.3 is 0 Å². The Kier molecular flexibility index (Phi) is 7.53. The molecule has 10 aromatic carbocycles. The number of anilines is 3. The molecule has 0 amide bonds. The molecule has 0 radical (unpaired) electrons. The monoisotopic (exact) mass is 712 g/mol. The topological polar surface area (TPSA) is 8.17 Å². The van der Waals surface area contributed by atoms with E-state index in [-0.39, 0.29) is 0 Å². The van der Waals surface area contributed by atoms with Crippen LogP contribution in [0.2, 0.25) is 0 Å². The molecule has 1 heterocycles. The summed E-state index contributed by atoms with van der Waals surface area (Å²) in [5, 5.41) is 9.88. The average molecular weight is 713 g/mol. The highest BCUT2D eigenvalue weighted by atomic mass is 15.1. The minimum absolute atomic E-state index is 1.12. The second-order valence-corrected chi connectivity index (χ2v) is 14.5. The van der Waals surface area contributed by atoms with Gasteiger partial charge in [0, 0.05) is 33.1 Å². The number of hydrogen-bond donors (Lipinski definition) is 0. The molecule has 0 saturated heterocycles. The summed E-state index contributed by atoms with van der Waals surface area (Å²) in [6, 6.07) is 79.6. The molecule has 0 N–H and O–H groups in total. The van der Waals surface area contributed by atoms with Gasteiger partial charge in [-0.05, 0) is 98.2 Å². The van der Waals surface area contributed by atoms with Gasteiger partial charge < -0.3 is 9.47 Å². The summed E-state index contributed by atoms with van der Waals surface area (Å²) in [6.45, 7) is 0. The first-order valence-electron chi connectivity index (χ1n) is 19.3. The van der Waals surface area contributed by atoms with Crippen molar-refractivity contribution in [3.8, 4) is 27.9 Å². The summed E-state index contributed by atoms with van der Waals surface area (Å²) in [5.41, 5.74) is 11.7. The fraction of sp³-hybridized carbons (Fsp3) is 0. The van der Waals surface area contributed by atoms with Crippen LogP contribution >= 0.6 is 0 Å². The zero-order valence-corrected chi connectivity index (χ0v) is 30.7. The molecule has 0 bridgehead atoms. The van der Waals surface area contributed by atoms with Crippen molar-refractivity contribution in [1.82, 2.24) is 4.57 Å². The predicted molar refractivity (Wildman–Crippen MR) is 239 cm³/mol. The summed E-state index contributed by atoms with van der Waals surface area (Å²) in [4.78, 5) is 2.47. The number of rotatable bonds is 6. The molecule has 11 aromatic rings. The maximum Gasteiger partial charge on any atom is 0.0547 e. The summed E-state index contributed by atoms with van der Waals surface area (Å²) in [6.07, 6.45) is 0. The SMILES string of the molecule is c1ccc(-n2c3ccccc3c3c(-c4cccc(-c5ccccc5N(c5ccc6ccccc6c5)c5cc6ccccc6c6ccccc56)c4)cccc32)cc1. The van der Waals surface area contributed by atoms with E-state index < -0.39 is 0 Å². The molecule has 2 heteroatoms. The molecular formula is C54H36N2. The van der Waals surface area contributed by atoms with Crippen LogP contribution in [-0.2, 0) is 0 Å². The lowest BCUT2D eigenvalue weighted by atomic mass is 9.94. The molecule has 1 aromatic heterocycles. The molecule has 0 saturated carbocycles. The molecule has 0 aliphatic heterocycles. The Morgan fingerprint density at radius 1 is 0.321 bits per heavy atom. The number of benzene rings is 10. The van der Waals surface area contributed by atoms with E-state index in [0.29, 0.717) is 0 Å². The molecule has 56 heavy (non-hydrogen) atoms.